The van der Waals surface area contributed by atoms with Crippen LogP contribution in [0.25, 0.3) is 0 Å². The Morgan fingerprint density at radius 3 is 2.29 bits per heavy atom. The van der Waals surface area contributed by atoms with Gasteiger partial charge in [-0.1, -0.05) is 13.5 Å². The quantitative estimate of drug-likeness (QED) is 0.374. The van der Waals surface area contributed by atoms with Gasteiger partial charge in [0.15, 0.2) is 0 Å². The van der Waals surface area contributed by atoms with Crippen molar-refractivity contribution in [3.8, 4) is 0 Å². The summed E-state index contributed by atoms with van der Waals surface area (Å²) in [5, 5.41) is 0. The number of primary amides is 1. The molecule has 0 radical (unpaired) electrons. The molecule has 0 aromatic heterocycles. The predicted molar refractivity (Wildman–Crippen MR) is 55.5 cm³/mol. The summed E-state index contributed by atoms with van der Waals surface area (Å²) >= 11 is 0. The van der Waals surface area contributed by atoms with Gasteiger partial charge in [-0.05, 0) is 12.5 Å². The van der Waals surface area contributed by atoms with Crippen LogP contribution in [0.3, 0.4) is 0 Å². The van der Waals surface area contributed by atoms with Crippen molar-refractivity contribution in [2.45, 2.75) is 19.4 Å². The van der Waals surface area contributed by atoms with E-state index < -0.39 is 11.9 Å². The van der Waals surface area contributed by atoms with Crippen LogP contribution in [-0.4, -0.2) is 42.9 Å². The van der Waals surface area contributed by atoms with Crippen LogP contribution in [0.15, 0.2) is 12.7 Å². The van der Waals surface area contributed by atoms with Crippen molar-refractivity contribution in [3.63, 3.8) is 0 Å². The smallest absolute Gasteiger partial charge is 0.284 e. The Bertz CT molecular complexity index is 247. The van der Waals surface area contributed by atoms with Gasteiger partial charge in [-0.3, -0.25) is 9.59 Å². The zero-order valence-electron chi connectivity index (χ0n) is 9.12. The van der Waals surface area contributed by atoms with Gasteiger partial charge in [0.1, 0.15) is 0 Å². The molecule has 1 atom stereocenters. The Morgan fingerprint density at radius 2 is 2.00 bits per heavy atom. The van der Waals surface area contributed by atoms with E-state index in [1.807, 2.05) is 21.0 Å². The minimum atomic E-state index is -0.813. The molecule has 80 valence electrons. The number of hydrogen-bond donors (Lipinski definition) is 1. The fourth-order valence-corrected chi connectivity index (χ4v) is 1.65. The largest absolute Gasteiger partial charge is 0.364 e. The lowest BCUT2D eigenvalue weighted by Gasteiger charge is -2.34. The van der Waals surface area contributed by atoms with Gasteiger partial charge in [0, 0.05) is 0 Å². The molecule has 0 aromatic carbocycles. The zero-order valence-corrected chi connectivity index (χ0v) is 9.12. The van der Waals surface area contributed by atoms with E-state index in [2.05, 4.69) is 6.58 Å². The average Bonchev–Trinajstić information content (AvgIpc) is 2.02. The SMILES string of the molecule is C=CC(=O)C(C(N)=O)[N+](C)(C)CCC. The summed E-state index contributed by atoms with van der Waals surface area (Å²) in [5.74, 6) is -0.899. The molecule has 0 heterocycles. The normalized spacial score (nSPS) is 13.4. The molecule has 0 saturated carbocycles. The van der Waals surface area contributed by atoms with Crippen LogP contribution in [0.4, 0.5) is 0 Å². The van der Waals surface area contributed by atoms with E-state index in [1.54, 1.807) is 0 Å². The molecule has 4 nitrogen and oxygen atoms in total. The number of quaternary nitrogens is 1. The number of carbonyl (C=O) groups is 2. The number of amides is 1. The molecule has 0 rings (SSSR count). The fourth-order valence-electron chi connectivity index (χ4n) is 1.65. The van der Waals surface area contributed by atoms with Gasteiger partial charge in [0.05, 0.1) is 20.6 Å². The number of nitrogens with two attached hydrogens (primary N) is 1. The number of carbonyl (C=O) groups excluding carboxylic acids is 2. The van der Waals surface area contributed by atoms with Crippen molar-refractivity contribution >= 4 is 11.7 Å². The standard InChI is InChI=1S/C10H18N2O2/c1-5-7-12(3,4)9(10(11)14)8(13)6-2/h6,9H,2,5,7H2,1,3-4H3,(H-,11,14)/p+1. The molecule has 0 bridgehead atoms. The third-order valence-electron chi connectivity index (χ3n) is 2.24. The lowest BCUT2D eigenvalue weighted by molar-refractivity contribution is -0.896. The number of ketones is 1. The number of rotatable bonds is 6. The third-order valence-corrected chi connectivity index (χ3v) is 2.24. The molecule has 14 heavy (non-hydrogen) atoms. The summed E-state index contributed by atoms with van der Waals surface area (Å²) in [6.45, 7) is 6.10. The molecule has 2 N–H and O–H groups in total. The third kappa shape index (κ3) is 2.96. The van der Waals surface area contributed by atoms with Crippen LogP contribution in [0.1, 0.15) is 13.3 Å². The van der Waals surface area contributed by atoms with Crippen molar-refractivity contribution in [3.05, 3.63) is 12.7 Å². The van der Waals surface area contributed by atoms with Gasteiger partial charge in [-0.2, -0.15) is 0 Å². The van der Waals surface area contributed by atoms with Crippen LogP contribution < -0.4 is 5.73 Å². The molecule has 4 heteroatoms. The second-order valence-electron chi connectivity index (χ2n) is 3.91. The van der Waals surface area contributed by atoms with E-state index in [1.165, 1.54) is 0 Å². The van der Waals surface area contributed by atoms with Gasteiger partial charge in [0.25, 0.3) is 5.91 Å². The highest BCUT2D eigenvalue weighted by Gasteiger charge is 2.37. The Balaban J connectivity index is 4.90. The number of hydrogen-bond acceptors (Lipinski definition) is 2. The monoisotopic (exact) mass is 199 g/mol. The molecule has 1 amide bonds. The first-order chi connectivity index (χ1) is 6.36. The molecule has 0 aliphatic heterocycles. The second-order valence-corrected chi connectivity index (χ2v) is 3.91. The molecular formula is C10H19N2O2+. The van der Waals surface area contributed by atoms with Crippen LogP contribution in [-0.2, 0) is 9.59 Å². The first-order valence-electron chi connectivity index (χ1n) is 4.65. The predicted octanol–water partition coefficient (Wildman–Crippen LogP) is 0.0818. The van der Waals surface area contributed by atoms with Crippen molar-refractivity contribution in [1.82, 2.24) is 0 Å². The maximum absolute atomic E-state index is 11.4. The topological polar surface area (TPSA) is 60.2 Å². The van der Waals surface area contributed by atoms with Crippen LogP contribution >= 0.6 is 0 Å². The number of likely N-dealkylation sites (N-methyl/N-ethyl adjacent to an activating group) is 1. The van der Waals surface area contributed by atoms with E-state index in [4.69, 9.17) is 5.73 Å². The van der Waals surface area contributed by atoms with Crippen molar-refractivity contribution < 1.29 is 14.1 Å². The van der Waals surface area contributed by atoms with Crippen LogP contribution in [0.5, 0.6) is 0 Å². The van der Waals surface area contributed by atoms with E-state index in [0.717, 1.165) is 19.0 Å². The maximum Gasteiger partial charge on any atom is 0.284 e. The summed E-state index contributed by atoms with van der Waals surface area (Å²) in [6, 6.07) is -0.813. The van der Waals surface area contributed by atoms with Gasteiger partial charge in [0.2, 0.25) is 11.8 Å². The van der Waals surface area contributed by atoms with Gasteiger partial charge >= 0.3 is 0 Å². The summed E-state index contributed by atoms with van der Waals surface area (Å²) in [4.78, 5) is 22.6. The minimum absolute atomic E-state index is 0.288. The van der Waals surface area contributed by atoms with Crippen molar-refractivity contribution in [2.24, 2.45) is 5.73 Å². The highest BCUT2D eigenvalue weighted by atomic mass is 16.2. The summed E-state index contributed by atoms with van der Waals surface area (Å²) in [6.07, 6.45) is 2.05. The second kappa shape index (κ2) is 4.91. The first kappa shape index (κ1) is 12.8. The maximum atomic E-state index is 11.4. The molecular weight excluding hydrogens is 180 g/mol. The lowest BCUT2D eigenvalue weighted by atomic mass is 10.1. The average molecular weight is 199 g/mol. The molecule has 1 unspecified atom stereocenters. The highest BCUT2D eigenvalue weighted by Crippen LogP contribution is 2.09. The van der Waals surface area contributed by atoms with E-state index in [-0.39, 0.29) is 10.3 Å². The van der Waals surface area contributed by atoms with E-state index in [9.17, 15) is 9.59 Å². The molecule has 0 aromatic rings. The summed E-state index contributed by atoms with van der Waals surface area (Å²) < 4.78 is 0.288. The summed E-state index contributed by atoms with van der Waals surface area (Å²) in [7, 11) is 3.64. The molecule has 0 spiro atoms. The molecule has 0 aliphatic carbocycles. The van der Waals surface area contributed by atoms with Gasteiger partial charge in [-0.15, -0.1) is 0 Å². The van der Waals surface area contributed by atoms with Crippen molar-refractivity contribution in [2.75, 3.05) is 20.6 Å². The Morgan fingerprint density at radius 1 is 1.50 bits per heavy atom. The minimum Gasteiger partial charge on any atom is -0.364 e. The van der Waals surface area contributed by atoms with Crippen LogP contribution in [0, 0.1) is 0 Å². The first-order valence-corrected chi connectivity index (χ1v) is 4.65. The Labute approximate surface area is 85.0 Å². The van der Waals surface area contributed by atoms with Crippen LogP contribution in [0.2, 0.25) is 0 Å². The van der Waals surface area contributed by atoms with Gasteiger partial charge < -0.3 is 10.2 Å². The fraction of sp³-hybridized carbons (Fsp3) is 0.600. The Kier molecular flexibility index (Phi) is 4.50. The molecule has 0 saturated heterocycles. The molecule has 0 fully saturated rings. The van der Waals surface area contributed by atoms with E-state index in [0.29, 0.717) is 0 Å². The lowest BCUT2D eigenvalue weighted by Crippen LogP contribution is -2.58. The Hall–Kier alpha value is -1.16. The van der Waals surface area contributed by atoms with E-state index >= 15 is 0 Å². The summed E-state index contributed by atoms with van der Waals surface area (Å²) in [5.41, 5.74) is 5.21. The van der Waals surface area contributed by atoms with Crippen molar-refractivity contribution in [1.29, 1.82) is 0 Å². The zero-order chi connectivity index (χ0) is 11.4. The highest BCUT2D eigenvalue weighted by molar-refractivity contribution is 6.08. The van der Waals surface area contributed by atoms with Gasteiger partial charge in [-0.25, -0.2) is 0 Å². The number of nitrogens with zero attached hydrogens (tertiary/aromatic N) is 1. The molecule has 0 aliphatic rings.